The Balaban J connectivity index is 1.38. The van der Waals surface area contributed by atoms with E-state index >= 15 is 0 Å². The van der Waals surface area contributed by atoms with Gasteiger partial charge in [-0.15, -0.1) is 0 Å². The van der Waals surface area contributed by atoms with Crippen molar-refractivity contribution in [2.75, 3.05) is 0 Å². The van der Waals surface area contributed by atoms with Crippen molar-refractivity contribution < 1.29 is 14.8 Å². The standard InChI is InChI=1S/C22H27NO3/c1-13(22-9-14-4-15(10-22)6-16(5-14)11-22)23-12-17-7-21(25)26-20-8-18(24)2-3-19(17)20/h2-3,7-8,13-16,23-24H,4-6,9-12H2,1H3/p+1/t13-,14?,15?,16?,22?/m1/s1. The third-order valence-electron chi connectivity index (χ3n) is 7.56. The van der Waals surface area contributed by atoms with Gasteiger partial charge in [0.25, 0.3) is 0 Å². The van der Waals surface area contributed by atoms with Gasteiger partial charge in [0.1, 0.15) is 17.9 Å². The highest BCUT2D eigenvalue weighted by Gasteiger charge is 2.54. The Morgan fingerprint density at radius 2 is 1.81 bits per heavy atom. The van der Waals surface area contributed by atoms with E-state index in [1.807, 2.05) is 6.07 Å². The number of quaternary nitrogens is 1. The van der Waals surface area contributed by atoms with Crippen LogP contribution in [0.15, 0.2) is 33.5 Å². The molecule has 6 rings (SSSR count). The van der Waals surface area contributed by atoms with E-state index < -0.39 is 0 Å². The van der Waals surface area contributed by atoms with Crippen molar-refractivity contribution in [2.45, 2.75) is 58.0 Å². The first-order chi connectivity index (χ1) is 12.5. The van der Waals surface area contributed by atoms with Crippen LogP contribution in [0.2, 0.25) is 0 Å². The molecule has 0 spiro atoms. The molecule has 4 aliphatic carbocycles. The zero-order chi connectivity index (χ0) is 17.9. The molecule has 138 valence electrons. The van der Waals surface area contributed by atoms with E-state index in [0.29, 0.717) is 17.0 Å². The second-order valence-electron chi connectivity index (χ2n) is 9.28. The number of aromatic hydroxyl groups is 1. The number of hydrogen-bond acceptors (Lipinski definition) is 3. The molecule has 0 amide bonds. The van der Waals surface area contributed by atoms with Crippen molar-refractivity contribution in [3.8, 4) is 5.75 Å². The molecule has 4 fully saturated rings. The fourth-order valence-corrected chi connectivity index (χ4v) is 6.68. The smallest absolute Gasteiger partial charge is 0.336 e. The zero-order valence-electron chi connectivity index (χ0n) is 15.4. The van der Waals surface area contributed by atoms with E-state index in [9.17, 15) is 9.90 Å². The van der Waals surface area contributed by atoms with Crippen molar-refractivity contribution in [2.24, 2.45) is 23.2 Å². The Morgan fingerprint density at radius 3 is 2.46 bits per heavy atom. The van der Waals surface area contributed by atoms with E-state index in [0.717, 1.165) is 35.2 Å². The largest absolute Gasteiger partial charge is 0.508 e. The molecule has 1 atom stereocenters. The van der Waals surface area contributed by atoms with Crippen LogP contribution in [0, 0.1) is 23.2 Å². The van der Waals surface area contributed by atoms with Crippen LogP contribution in [0.1, 0.15) is 51.0 Å². The first-order valence-electron chi connectivity index (χ1n) is 10.1. The maximum absolute atomic E-state index is 11.9. The number of fused-ring (bicyclic) bond motifs is 1. The summed E-state index contributed by atoms with van der Waals surface area (Å²) in [7, 11) is 0. The molecule has 0 radical (unpaired) electrons. The molecule has 0 unspecified atom stereocenters. The normalized spacial score (nSPS) is 33.7. The zero-order valence-corrected chi connectivity index (χ0v) is 15.4. The van der Waals surface area contributed by atoms with Gasteiger partial charge in [0, 0.05) is 28.5 Å². The molecule has 1 aromatic heterocycles. The van der Waals surface area contributed by atoms with Crippen molar-refractivity contribution in [3.63, 3.8) is 0 Å². The summed E-state index contributed by atoms with van der Waals surface area (Å²) in [6.45, 7) is 3.18. The predicted molar refractivity (Wildman–Crippen MR) is 99.8 cm³/mol. The van der Waals surface area contributed by atoms with Crippen molar-refractivity contribution in [3.05, 3.63) is 40.2 Å². The van der Waals surface area contributed by atoms with Crippen LogP contribution in [-0.2, 0) is 6.54 Å². The summed E-state index contributed by atoms with van der Waals surface area (Å²) < 4.78 is 5.26. The van der Waals surface area contributed by atoms with Gasteiger partial charge < -0.3 is 14.8 Å². The molecule has 4 aliphatic rings. The lowest BCUT2D eigenvalue weighted by atomic mass is 9.48. The van der Waals surface area contributed by atoms with E-state index in [1.54, 1.807) is 12.1 Å². The van der Waals surface area contributed by atoms with Gasteiger partial charge >= 0.3 is 5.63 Å². The quantitative estimate of drug-likeness (QED) is 0.829. The Morgan fingerprint density at radius 1 is 1.15 bits per heavy atom. The molecule has 0 saturated heterocycles. The number of phenols is 1. The summed E-state index contributed by atoms with van der Waals surface area (Å²) in [4.78, 5) is 11.9. The van der Waals surface area contributed by atoms with E-state index in [-0.39, 0.29) is 11.4 Å². The molecular weight excluding hydrogens is 326 g/mol. The van der Waals surface area contributed by atoms with Crippen LogP contribution in [0.4, 0.5) is 0 Å². The van der Waals surface area contributed by atoms with Gasteiger partial charge in [0.2, 0.25) is 0 Å². The van der Waals surface area contributed by atoms with Crippen LogP contribution in [-0.4, -0.2) is 11.1 Å². The molecule has 4 nitrogen and oxygen atoms in total. The lowest BCUT2D eigenvalue weighted by molar-refractivity contribution is -0.716. The lowest BCUT2D eigenvalue weighted by Crippen LogP contribution is -2.91. The minimum absolute atomic E-state index is 0.128. The molecule has 3 N–H and O–H groups in total. The van der Waals surface area contributed by atoms with Gasteiger partial charge in [-0.05, 0) is 75.3 Å². The molecule has 1 aromatic carbocycles. The maximum Gasteiger partial charge on any atom is 0.336 e. The molecule has 4 saturated carbocycles. The molecule has 26 heavy (non-hydrogen) atoms. The predicted octanol–water partition coefficient (Wildman–Crippen LogP) is 3.17. The van der Waals surface area contributed by atoms with Gasteiger partial charge in [-0.2, -0.15) is 0 Å². The van der Waals surface area contributed by atoms with Gasteiger partial charge in [-0.3, -0.25) is 0 Å². The van der Waals surface area contributed by atoms with Crippen LogP contribution in [0.25, 0.3) is 11.0 Å². The Labute approximate surface area is 153 Å². The second-order valence-corrected chi connectivity index (χ2v) is 9.28. The molecule has 4 heteroatoms. The number of benzene rings is 1. The fourth-order valence-electron chi connectivity index (χ4n) is 6.68. The third kappa shape index (κ3) is 2.66. The molecule has 1 heterocycles. The monoisotopic (exact) mass is 354 g/mol. The highest BCUT2D eigenvalue weighted by Crippen LogP contribution is 2.60. The van der Waals surface area contributed by atoms with E-state index in [2.05, 4.69) is 12.2 Å². The van der Waals surface area contributed by atoms with Crippen LogP contribution in [0.5, 0.6) is 5.75 Å². The number of rotatable bonds is 4. The lowest BCUT2D eigenvalue weighted by Gasteiger charge is -2.57. The van der Waals surface area contributed by atoms with Crippen LogP contribution < -0.4 is 10.9 Å². The topological polar surface area (TPSA) is 67.0 Å². The maximum atomic E-state index is 11.9. The Hall–Kier alpha value is -1.81. The summed E-state index contributed by atoms with van der Waals surface area (Å²) in [5.41, 5.74) is 1.65. The molecule has 4 bridgehead atoms. The summed E-state index contributed by atoms with van der Waals surface area (Å²) >= 11 is 0. The van der Waals surface area contributed by atoms with Gasteiger partial charge in [0.05, 0.1) is 6.04 Å². The van der Waals surface area contributed by atoms with Gasteiger partial charge in [-0.1, -0.05) is 0 Å². The fraction of sp³-hybridized carbons (Fsp3) is 0.591. The Kier molecular flexibility index (Phi) is 3.68. The summed E-state index contributed by atoms with van der Waals surface area (Å²) in [5.74, 6) is 3.02. The van der Waals surface area contributed by atoms with Crippen LogP contribution >= 0.6 is 0 Å². The molecule has 0 aliphatic heterocycles. The van der Waals surface area contributed by atoms with Crippen molar-refractivity contribution in [1.82, 2.24) is 0 Å². The SMILES string of the molecule is C[C@@H]([NH2+]Cc1cc(=O)oc2cc(O)ccc12)C12CC3CC(CC(C3)C1)C2. The van der Waals surface area contributed by atoms with Crippen molar-refractivity contribution >= 4 is 11.0 Å². The number of hydrogen-bond donors (Lipinski definition) is 2. The summed E-state index contributed by atoms with van der Waals surface area (Å²) in [5, 5.41) is 13.0. The van der Waals surface area contributed by atoms with E-state index in [1.165, 1.54) is 44.6 Å². The average Bonchev–Trinajstić information content (AvgIpc) is 2.57. The van der Waals surface area contributed by atoms with Crippen LogP contribution in [0.3, 0.4) is 0 Å². The molecular formula is C22H28NO3+. The van der Waals surface area contributed by atoms with Gasteiger partial charge in [-0.25, -0.2) is 4.79 Å². The minimum atomic E-state index is -0.339. The highest BCUT2D eigenvalue weighted by molar-refractivity contribution is 5.81. The summed E-state index contributed by atoms with van der Waals surface area (Å²) in [6.07, 6.45) is 8.63. The van der Waals surface area contributed by atoms with Crippen molar-refractivity contribution in [1.29, 1.82) is 0 Å². The Bertz CT molecular complexity index is 865. The minimum Gasteiger partial charge on any atom is -0.508 e. The summed E-state index contributed by atoms with van der Waals surface area (Å²) in [6, 6.07) is 7.24. The molecule has 2 aromatic rings. The second kappa shape index (κ2) is 5.85. The number of phenolic OH excluding ortho intramolecular Hbond substituents is 1. The first-order valence-corrected chi connectivity index (χ1v) is 10.1. The average molecular weight is 354 g/mol. The van der Waals surface area contributed by atoms with E-state index in [4.69, 9.17) is 4.42 Å². The van der Waals surface area contributed by atoms with Gasteiger partial charge in [0.15, 0.2) is 0 Å². The first kappa shape index (κ1) is 16.4. The highest BCUT2D eigenvalue weighted by atomic mass is 16.4. The number of nitrogens with two attached hydrogens (primary N) is 1. The third-order valence-corrected chi connectivity index (χ3v) is 7.56.